The van der Waals surface area contributed by atoms with Crippen LogP contribution in [0.4, 0.5) is 0 Å². The predicted molar refractivity (Wildman–Crippen MR) is 50.3 cm³/mol. The standard InChI is InChI=1S/C6H14N4O3S/c7-3-6(11)9-5-1-2-10(4-5)14(8,12)13/h5H,1-4,7H2,(H,9,11)(H2,8,12,13). The van der Waals surface area contributed by atoms with Crippen molar-refractivity contribution in [1.82, 2.24) is 9.62 Å². The van der Waals surface area contributed by atoms with Gasteiger partial charge in [-0.2, -0.15) is 12.7 Å². The van der Waals surface area contributed by atoms with E-state index < -0.39 is 10.2 Å². The topological polar surface area (TPSA) is 119 Å². The lowest BCUT2D eigenvalue weighted by Gasteiger charge is -2.13. The van der Waals surface area contributed by atoms with Gasteiger partial charge in [-0.25, -0.2) is 5.14 Å². The van der Waals surface area contributed by atoms with E-state index in [-0.39, 0.29) is 25.0 Å². The van der Waals surface area contributed by atoms with E-state index in [1.165, 1.54) is 0 Å². The van der Waals surface area contributed by atoms with Gasteiger partial charge < -0.3 is 11.1 Å². The minimum atomic E-state index is -3.63. The third-order valence-corrected chi connectivity index (χ3v) is 3.11. The summed E-state index contributed by atoms with van der Waals surface area (Å²) in [5.41, 5.74) is 5.10. The first-order valence-electron chi connectivity index (χ1n) is 4.21. The van der Waals surface area contributed by atoms with Gasteiger partial charge in [-0.15, -0.1) is 0 Å². The van der Waals surface area contributed by atoms with Crippen LogP contribution in [-0.4, -0.2) is 44.3 Å². The average Bonchev–Trinajstić information content (AvgIpc) is 2.51. The Morgan fingerprint density at radius 3 is 2.64 bits per heavy atom. The van der Waals surface area contributed by atoms with E-state index in [0.29, 0.717) is 13.0 Å². The van der Waals surface area contributed by atoms with Crippen LogP contribution in [0.3, 0.4) is 0 Å². The van der Waals surface area contributed by atoms with Gasteiger partial charge in [-0.05, 0) is 6.42 Å². The average molecular weight is 222 g/mol. The maximum Gasteiger partial charge on any atom is 0.276 e. The number of hydrogen-bond acceptors (Lipinski definition) is 4. The van der Waals surface area contributed by atoms with E-state index in [1.54, 1.807) is 0 Å². The molecular weight excluding hydrogens is 208 g/mol. The number of nitrogens with zero attached hydrogens (tertiary/aromatic N) is 1. The van der Waals surface area contributed by atoms with Gasteiger partial charge in [0.2, 0.25) is 5.91 Å². The van der Waals surface area contributed by atoms with Crippen LogP contribution in [-0.2, 0) is 15.0 Å². The fraction of sp³-hybridized carbons (Fsp3) is 0.833. The van der Waals surface area contributed by atoms with Crippen molar-refractivity contribution in [2.75, 3.05) is 19.6 Å². The Labute approximate surface area is 82.6 Å². The number of amides is 1. The highest BCUT2D eigenvalue weighted by Crippen LogP contribution is 2.10. The minimum Gasteiger partial charge on any atom is -0.351 e. The fourth-order valence-electron chi connectivity index (χ4n) is 1.36. The molecule has 1 saturated heterocycles. The van der Waals surface area contributed by atoms with Crippen molar-refractivity contribution in [3.05, 3.63) is 0 Å². The van der Waals surface area contributed by atoms with Crippen molar-refractivity contribution in [3.8, 4) is 0 Å². The highest BCUT2D eigenvalue weighted by Gasteiger charge is 2.29. The summed E-state index contributed by atoms with van der Waals surface area (Å²) < 4.78 is 22.9. The smallest absolute Gasteiger partial charge is 0.276 e. The summed E-state index contributed by atoms with van der Waals surface area (Å²) in [6, 6.07) is -0.177. The van der Waals surface area contributed by atoms with Crippen molar-refractivity contribution >= 4 is 16.1 Å². The molecule has 0 aromatic rings. The van der Waals surface area contributed by atoms with E-state index in [4.69, 9.17) is 10.9 Å². The van der Waals surface area contributed by atoms with Gasteiger partial charge >= 0.3 is 0 Å². The molecule has 1 rings (SSSR count). The van der Waals surface area contributed by atoms with Crippen LogP contribution < -0.4 is 16.2 Å². The van der Waals surface area contributed by atoms with Gasteiger partial charge in [0.15, 0.2) is 0 Å². The van der Waals surface area contributed by atoms with Crippen LogP contribution in [0.2, 0.25) is 0 Å². The first kappa shape index (κ1) is 11.4. The molecule has 0 bridgehead atoms. The normalized spacial score (nSPS) is 23.7. The lowest BCUT2D eigenvalue weighted by Crippen LogP contribution is -2.42. The molecule has 0 aromatic heterocycles. The Kier molecular flexibility index (Phi) is 3.43. The molecule has 1 heterocycles. The lowest BCUT2D eigenvalue weighted by atomic mass is 10.2. The van der Waals surface area contributed by atoms with Gasteiger partial charge in [0, 0.05) is 19.1 Å². The van der Waals surface area contributed by atoms with Crippen molar-refractivity contribution < 1.29 is 13.2 Å². The molecule has 1 aliphatic heterocycles. The van der Waals surface area contributed by atoms with Crippen LogP contribution in [0.15, 0.2) is 0 Å². The molecule has 0 aliphatic carbocycles. The summed E-state index contributed by atoms with van der Waals surface area (Å²) >= 11 is 0. The van der Waals surface area contributed by atoms with Gasteiger partial charge in [0.1, 0.15) is 0 Å². The van der Waals surface area contributed by atoms with Crippen LogP contribution in [0, 0.1) is 0 Å². The van der Waals surface area contributed by atoms with E-state index in [0.717, 1.165) is 4.31 Å². The largest absolute Gasteiger partial charge is 0.351 e. The molecule has 1 fully saturated rings. The zero-order valence-electron chi connectivity index (χ0n) is 7.64. The zero-order valence-corrected chi connectivity index (χ0v) is 8.46. The third kappa shape index (κ3) is 2.91. The minimum absolute atomic E-state index is 0.0914. The summed E-state index contributed by atoms with van der Waals surface area (Å²) in [6.45, 7) is 0.477. The Hall–Kier alpha value is -0.700. The molecule has 7 nitrogen and oxygen atoms in total. The van der Waals surface area contributed by atoms with Crippen molar-refractivity contribution in [1.29, 1.82) is 0 Å². The second-order valence-corrected chi connectivity index (χ2v) is 4.71. The lowest BCUT2D eigenvalue weighted by molar-refractivity contribution is -0.120. The Bertz CT molecular complexity index is 315. The van der Waals surface area contributed by atoms with Crippen LogP contribution in [0.5, 0.6) is 0 Å². The van der Waals surface area contributed by atoms with E-state index >= 15 is 0 Å². The quantitative estimate of drug-likeness (QED) is 0.483. The number of rotatable bonds is 3. The Morgan fingerprint density at radius 2 is 2.21 bits per heavy atom. The second-order valence-electron chi connectivity index (χ2n) is 3.16. The summed E-state index contributed by atoms with van der Waals surface area (Å²) in [5.74, 6) is -0.286. The van der Waals surface area contributed by atoms with Crippen LogP contribution in [0.1, 0.15) is 6.42 Å². The maximum atomic E-state index is 10.9. The summed E-state index contributed by atoms with van der Waals surface area (Å²) in [4.78, 5) is 10.9. The van der Waals surface area contributed by atoms with Crippen molar-refractivity contribution in [3.63, 3.8) is 0 Å². The van der Waals surface area contributed by atoms with Gasteiger partial charge in [-0.1, -0.05) is 0 Å². The van der Waals surface area contributed by atoms with Crippen LogP contribution in [0.25, 0.3) is 0 Å². The van der Waals surface area contributed by atoms with Gasteiger partial charge in [-0.3, -0.25) is 4.79 Å². The number of carbonyl (C=O) groups is 1. The van der Waals surface area contributed by atoms with E-state index in [1.807, 2.05) is 0 Å². The first-order chi connectivity index (χ1) is 6.43. The number of carbonyl (C=O) groups excluding carboxylic acids is 1. The summed E-state index contributed by atoms with van der Waals surface area (Å²) in [5, 5.41) is 7.53. The molecule has 82 valence electrons. The number of nitrogens with two attached hydrogens (primary N) is 2. The maximum absolute atomic E-state index is 10.9. The number of hydrogen-bond donors (Lipinski definition) is 3. The van der Waals surface area contributed by atoms with Gasteiger partial charge in [0.05, 0.1) is 6.54 Å². The van der Waals surface area contributed by atoms with Crippen molar-refractivity contribution in [2.24, 2.45) is 10.9 Å². The molecule has 0 aromatic carbocycles. The second kappa shape index (κ2) is 4.22. The molecule has 1 aliphatic rings. The highest BCUT2D eigenvalue weighted by atomic mass is 32.2. The molecule has 1 atom stereocenters. The Morgan fingerprint density at radius 1 is 1.57 bits per heavy atom. The molecule has 1 amide bonds. The molecule has 14 heavy (non-hydrogen) atoms. The highest BCUT2D eigenvalue weighted by molar-refractivity contribution is 7.86. The monoisotopic (exact) mass is 222 g/mol. The SMILES string of the molecule is NCC(=O)NC1CCN(S(N)(=O)=O)C1. The third-order valence-electron chi connectivity index (χ3n) is 2.06. The zero-order chi connectivity index (χ0) is 10.8. The number of nitrogens with one attached hydrogen (secondary N) is 1. The molecule has 0 spiro atoms. The van der Waals surface area contributed by atoms with Gasteiger partial charge in [0.25, 0.3) is 10.2 Å². The predicted octanol–water partition coefficient (Wildman–Crippen LogP) is -2.66. The fourth-order valence-corrected chi connectivity index (χ4v) is 2.11. The Balaban J connectivity index is 2.46. The molecule has 0 radical (unpaired) electrons. The van der Waals surface area contributed by atoms with Crippen LogP contribution >= 0.6 is 0 Å². The molecule has 8 heteroatoms. The van der Waals surface area contributed by atoms with E-state index in [2.05, 4.69) is 5.32 Å². The van der Waals surface area contributed by atoms with Crippen molar-refractivity contribution in [2.45, 2.75) is 12.5 Å². The molecule has 0 saturated carbocycles. The summed E-state index contributed by atoms with van der Waals surface area (Å²) in [6.07, 6.45) is 0.572. The molecular formula is C6H14N4O3S. The molecule has 5 N–H and O–H groups in total. The summed E-state index contributed by atoms with van der Waals surface area (Å²) in [7, 11) is -3.63. The van der Waals surface area contributed by atoms with E-state index in [9.17, 15) is 13.2 Å². The first-order valence-corrected chi connectivity index (χ1v) is 5.71. The molecule has 1 unspecified atom stereocenters.